The zero-order chi connectivity index (χ0) is 19.1. The van der Waals surface area contributed by atoms with Crippen LogP contribution in [0.2, 0.25) is 0 Å². The van der Waals surface area contributed by atoms with Gasteiger partial charge in [0.05, 0.1) is 0 Å². The van der Waals surface area contributed by atoms with Crippen molar-refractivity contribution in [3.8, 4) is 0 Å². The summed E-state index contributed by atoms with van der Waals surface area (Å²) < 4.78 is 4.90. The SMILES string of the molecule is C[C@H]1CC(C)(C)C[C@@]2(C1)NC(=O)N(CC(=O)OCC(=O)NC1CC1)C2=O. The molecule has 144 valence electrons. The van der Waals surface area contributed by atoms with Gasteiger partial charge in [-0.25, -0.2) is 4.79 Å². The number of imide groups is 1. The number of ether oxygens (including phenoxy) is 1. The number of rotatable bonds is 5. The van der Waals surface area contributed by atoms with Crippen molar-refractivity contribution in [3.05, 3.63) is 0 Å². The Balaban J connectivity index is 1.58. The number of urea groups is 1. The molecule has 1 heterocycles. The summed E-state index contributed by atoms with van der Waals surface area (Å²) >= 11 is 0. The lowest BCUT2D eigenvalue weighted by Gasteiger charge is -2.43. The molecule has 8 nitrogen and oxygen atoms in total. The summed E-state index contributed by atoms with van der Waals surface area (Å²) in [7, 11) is 0. The largest absolute Gasteiger partial charge is 0.454 e. The Kier molecular flexibility index (Phi) is 4.71. The third-order valence-electron chi connectivity index (χ3n) is 5.22. The average Bonchev–Trinajstić information content (AvgIpc) is 3.28. The minimum Gasteiger partial charge on any atom is -0.454 e. The topological polar surface area (TPSA) is 105 Å². The van der Waals surface area contributed by atoms with E-state index in [-0.39, 0.29) is 23.3 Å². The van der Waals surface area contributed by atoms with Crippen LogP contribution in [0.25, 0.3) is 0 Å². The van der Waals surface area contributed by atoms with Crippen molar-refractivity contribution in [1.82, 2.24) is 15.5 Å². The van der Waals surface area contributed by atoms with Crippen LogP contribution in [0.3, 0.4) is 0 Å². The van der Waals surface area contributed by atoms with Crippen LogP contribution < -0.4 is 10.6 Å². The molecule has 0 aromatic rings. The number of carbonyl (C=O) groups excluding carboxylic acids is 4. The van der Waals surface area contributed by atoms with Gasteiger partial charge in [-0.2, -0.15) is 0 Å². The van der Waals surface area contributed by atoms with Crippen molar-refractivity contribution < 1.29 is 23.9 Å². The van der Waals surface area contributed by atoms with Crippen LogP contribution in [0.15, 0.2) is 0 Å². The van der Waals surface area contributed by atoms with E-state index in [1.165, 1.54) is 0 Å². The molecule has 8 heteroatoms. The molecule has 2 aliphatic carbocycles. The first-order chi connectivity index (χ1) is 12.1. The Hall–Kier alpha value is -2.12. The van der Waals surface area contributed by atoms with E-state index in [1.807, 2.05) is 0 Å². The predicted molar refractivity (Wildman–Crippen MR) is 91.9 cm³/mol. The first-order valence-electron chi connectivity index (χ1n) is 9.19. The molecule has 2 saturated carbocycles. The van der Waals surface area contributed by atoms with Crippen LogP contribution in [0, 0.1) is 11.3 Å². The smallest absolute Gasteiger partial charge is 0.326 e. The van der Waals surface area contributed by atoms with Gasteiger partial charge in [-0.05, 0) is 43.4 Å². The zero-order valence-corrected chi connectivity index (χ0v) is 15.6. The summed E-state index contributed by atoms with van der Waals surface area (Å²) in [5, 5.41) is 5.51. The van der Waals surface area contributed by atoms with E-state index in [0.29, 0.717) is 18.8 Å². The lowest BCUT2D eigenvalue weighted by molar-refractivity contribution is -0.151. The molecule has 3 aliphatic rings. The molecule has 0 aromatic heterocycles. The number of amides is 4. The quantitative estimate of drug-likeness (QED) is 0.557. The first-order valence-corrected chi connectivity index (χ1v) is 9.19. The Morgan fingerprint density at radius 3 is 2.58 bits per heavy atom. The fraction of sp³-hybridized carbons (Fsp3) is 0.778. The number of hydrogen-bond acceptors (Lipinski definition) is 5. The normalized spacial score (nSPS) is 30.3. The summed E-state index contributed by atoms with van der Waals surface area (Å²) in [4.78, 5) is 49.7. The van der Waals surface area contributed by atoms with Crippen LogP contribution in [0.1, 0.15) is 52.9 Å². The zero-order valence-electron chi connectivity index (χ0n) is 15.6. The Bertz CT molecular complexity index is 643. The van der Waals surface area contributed by atoms with E-state index in [1.54, 1.807) is 0 Å². The van der Waals surface area contributed by atoms with E-state index in [2.05, 4.69) is 31.4 Å². The van der Waals surface area contributed by atoms with Crippen molar-refractivity contribution >= 4 is 23.8 Å². The minimum atomic E-state index is -0.943. The van der Waals surface area contributed by atoms with Crippen LogP contribution in [-0.4, -0.2) is 53.4 Å². The van der Waals surface area contributed by atoms with E-state index in [9.17, 15) is 19.2 Å². The van der Waals surface area contributed by atoms with Gasteiger partial charge >= 0.3 is 12.0 Å². The Labute approximate surface area is 153 Å². The minimum absolute atomic E-state index is 0.0714. The predicted octanol–water partition coefficient (Wildman–Crippen LogP) is 0.945. The van der Waals surface area contributed by atoms with Crippen molar-refractivity contribution in [2.75, 3.05) is 13.2 Å². The lowest BCUT2D eigenvalue weighted by Crippen LogP contribution is -2.54. The average molecular weight is 365 g/mol. The molecule has 1 spiro atoms. The molecule has 3 fully saturated rings. The molecule has 0 unspecified atom stereocenters. The van der Waals surface area contributed by atoms with Gasteiger partial charge in [-0.15, -0.1) is 0 Å². The molecule has 4 amide bonds. The summed E-state index contributed by atoms with van der Waals surface area (Å²) in [5.41, 5.74) is -1.01. The van der Waals surface area contributed by atoms with Crippen LogP contribution in [-0.2, 0) is 19.1 Å². The third kappa shape index (κ3) is 3.99. The van der Waals surface area contributed by atoms with E-state index in [4.69, 9.17) is 4.74 Å². The summed E-state index contributed by atoms with van der Waals surface area (Å²) in [6.07, 6.45) is 3.98. The Morgan fingerprint density at radius 1 is 1.27 bits per heavy atom. The summed E-state index contributed by atoms with van der Waals surface area (Å²) in [6.45, 7) is 5.36. The highest BCUT2D eigenvalue weighted by atomic mass is 16.5. The molecular formula is C18H27N3O5. The van der Waals surface area contributed by atoms with Gasteiger partial charge in [0.1, 0.15) is 12.1 Å². The second kappa shape index (κ2) is 6.55. The number of carbonyl (C=O) groups is 4. The molecule has 1 aliphatic heterocycles. The van der Waals surface area contributed by atoms with E-state index >= 15 is 0 Å². The van der Waals surface area contributed by atoms with Crippen molar-refractivity contribution in [1.29, 1.82) is 0 Å². The molecule has 0 radical (unpaired) electrons. The van der Waals surface area contributed by atoms with E-state index in [0.717, 1.165) is 24.2 Å². The second-order valence-corrected chi connectivity index (χ2v) is 8.76. The fourth-order valence-corrected chi connectivity index (χ4v) is 4.47. The fourth-order valence-electron chi connectivity index (χ4n) is 4.47. The molecule has 0 aromatic carbocycles. The van der Waals surface area contributed by atoms with Gasteiger partial charge in [-0.3, -0.25) is 19.3 Å². The van der Waals surface area contributed by atoms with E-state index < -0.39 is 30.7 Å². The van der Waals surface area contributed by atoms with Crippen LogP contribution in [0.5, 0.6) is 0 Å². The maximum Gasteiger partial charge on any atom is 0.326 e. The lowest BCUT2D eigenvalue weighted by atomic mass is 9.64. The standard InChI is InChI=1S/C18H27N3O5/c1-11-6-17(2,3)10-18(7-11)15(24)21(16(25)20-18)8-14(23)26-9-13(22)19-12-4-5-12/h11-12H,4-10H2,1-3H3,(H,19,22)(H,20,25)/t11-,18+/m0/s1. The van der Waals surface area contributed by atoms with Gasteiger partial charge in [-0.1, -0.05) is 20.8 Å². The van der Waals surface area contributed by atoms with Gasteiger partial charge in [0.15, 0.2) is 6.61 Å². The maximum absolute atomic E-state index is 12.9. The highest BCUT2D eigenvalue weighted by Crippen LogP contribution is 2.46. The molecule has 2 atom stereocenters. The molecule has 1 saturated heterocycles. The molecular weight excluding hydrogens is 338 g/mol. The number of esters is 1. The maximum atomic E-state index is 12.9. The van der Waals surface area contributed by atoms with Crippen molar-refractivity contribution in [2.24, 2.45) is 11.3 Å². The Morgan fingerprint density at radius 2 is 1.96 bits per heavy atom. The highest BCUT2D eigenvalue weighted by Gasteiger charge is 2.56. The molecule has 3 rings (SSSR count). The number of hydrogen-bond donors (Lipinski definition) is 2. The van der Waals surface area contributed by atoms with Gasteiger partial charge in [0.2, 0.25) is 0 Å². The monoisotopic (exact) mass is 365 g/mol. The number of nitrogens with one attached hydrogen (secondary N) is 2. The van der Waals surface area contributed by atoms with Gasteiger partial charge in [0, 0.05) is 6.04 Å². The molecule has 2 N–H and O–H groups in total. The first kappa shape index (κ1) is 18.7. The highest BCUT2D eigenvalue weighted by molar-refractivity contribution is 6.08. The number of nitrogens with zero attached hydrogens (tertiary/aromatic N) is 1. The van der Waals surface area contributed by atoms with Crippen molar-refractivity contribution in [3.63, 3.8) is 0 Å². The molecule has 26 heavy (non-hydrogen) atoms. The summed E-state index contributed by atoms with van der Waals surface area (Å²) in [6, 6.07) is -0.386. The second-order valence-electron chi connectivity index (χ2n) is 8.76. The third-order valence-corrected chi connectivity index (χ3v) is 5.22. The van der Waals surface area contributed by atoms with Gasteiger partial charge in [0.25, 0.3) is 11.8 Å². The van der Waals surface area contributed by atoms with Crippen LogP contribution in [0.4, 0.5) is 4.79 Å². The van der Waals surface area contributed by atoms with Crippen molar-refractivity contribution in [2.45, 2.75) is 64.5 Å². The summed E-state index contributed by atoms with van der Waals surface area (Å²) in [5.74, 6) is -1.21. The molecule has 0 bridgehead atoms. The van der Waals surface area contributed by atoms with Gasteiger partial charge < -0.3 is 15.4 Å². The van der Waals surface area contributed by atoms with Crippen LogP contribution >= 0.6 is 0 Å².